The van der Waals surface area contributed by atoms with Gasteiger partial charge >= 0.3 is 0 Å². The van der Waals surface area contributed by atoms with E-state index in [0.717, 1.165) is 28.3 Å². The number of benzene rings is 2. The number of carbonyl (C=O) groups is 1. The molecule has 4 rings (SSSR count). The fourth-order valence-corrected chi connectivity index (χ4v) is 3.15. The van der Waals surface area contributed by atoms with Crippen molar-refractivity contribution < 1.29 is 4.79 Å². The number of pyridine rings is 1. The molecule has 2 nitrogen and oxygen atoms in total. The molecule has 1 atom stereocenters. The van der Waals surface area contributed by atoms with Gasteiger partial charge in [-0.05, 0) is 40.5 Å². The Morgan fingerprint density at radius 1 is 0.909 bits per heavy atom. The quantitative estimate of drug-likeness (QED) is 0.686. The van der Waals surface area contributed by atoms with E-state index in [4.69, 9.17) is 0 Å². The van der Waals surface area contributed by atoms with Crippen LogP contribution in [0.25, 0.3) is 10.8 Å². The molecule has 0 N–H and O–H groups in total. The minimum Gasteiger partial charge on any atom is -0.293 e. The molecule has 0 bridgehead atoms. The zero-order valence-electron chi connectivity index (χ0n) is 11.7. The molecule has 0 radical (unpaired) electrons. The van der Waals surface area contributed by atoms with Crippen LogP contribution in [0.2, 0.25) is 0 Å². The summed E-state index contributed by atoms with van der Waals surface area (Å²) in [7, 11) is 0. The Bertz CT molecular complexity index is 812. The second-order valence-electron chi connectivity index (χ2n) is 5.23. The van der Waals surface area contributed by atoms with Crippen molar-refractivity contribution in [3.63, 3.8) is 0 Å². The molecule has 22 heavy (non-hydrogen) atoms. The number of hydrogen-bond donors (Lipinski definition) is 0. The van der Waals surface area contributed by atoms with E-state index in [1.165, 1.54) is 5.56 Å². The minimum atomic E-state index is -0.0569. The van der Waals surface area contributed by atoms with Crippen molar-refractivity contribution in [1.82, 2.24) is 4.98 Å². The predicted molar refractivity (Wildman–Crippen MR) is 93.5 cm³/mol. The molecule has 0 amide bonds. The lowest BCUT2D eigenvalue weighted by atomic mass is 9.92. The molecule has 2 aromatic carbocycles. The summed E-state index contributed by atoms with van der Waals surface area (Å²) in [6.07, 6.45) is 4.31. The third-order valence-corrected chi connectivity index (χ3v) is 4.08. The standard InChI is InChI=1S/C18H13NO.2ClH/c20-18-15-6-2-4-13-3-1-5-14(17(13)15)16(18)11-12-7-9-19-10-8-12;;/h1-10,16H,11H2;2*1H. The van der Waals surface area contributed by atoms with E-state index in [2.05, 4.69) is 23.2 Å². The molecular weight excluding hydrogens is 317 g/mol. The number of ketones is 1. The maximum absolute atomic E-state index is 12.7. The van der Waals surface area contributed by atoms with E-state index in [1.807, 2.05) is 30.3 Å². The van der Waals surface area contributed by atoms with Crippen LogP contribution in [0.15, 0.2) is 60.9 Å². The normalized spacial score (nSPS) is 15.3. The van der Waals surface area contributed by atoms with Gasteiger partial charge in [0.25, 0.3) is 0 Å². The summed E-state index contributed by atoms with van der Waals surface area (Å²) in [4.78, 5) is 16.7. The lowest BCUT2D eigenvalue weighted by Gasteiger charge is -2.10. The van der Waals surface area contributed by atoms with Crippen LogP contribution in [0.1, 0.15) is 27.4 Å². The van der Waals surface area contributed by atoms with E-state index in [-0.39, 0.29) is 36.5 Å². The Balaban J connectivity index is 0.000000882. The van der Waals surface area contributed by atoms with Gasteiger partial charge in [-0.25, -0.2) is 0 Å². The smallest absolute Gasteiger partial charge is 0.171 e. The minimum absolute atomic E-state index is 0. The summed E-state index contributed by atoms with van der Waals surface area (Å²) >= 11 is 0. The highest BCUT2D eigenvalue weighted by Gasteiger charge is 2.32. The number of nitrogens with zero attached hydrogens (tertiary/aromatic N) is 1. The van der Waals surface area contributed by atoms with E-state index in [0.29, 0.717) is 0 Å². The van der Waals surface area contributed by atoms with Gasteiger partial charge in [0.1, 0.15) is 0 Å². The molecule has 1 aliphatic carbocycles. The number of halogens is 2. The molecule has 0 saturated carbocycles. The van der Waals surface area contributed by atoms with Gasteiger partial charge in [0.2, 0.25) is 0 Å². The van der Waals surface area contributed by atoms with Crippen molar-refractivity contribution in [3.05, 3.63) is 77.6 Å². The number of carbonyl (C=O) groups excluding carboxylic acids is 1. The molecule has 0 saturated heterocycles. The van der Waals surface area contributed by atoms with Gasteiger partial charge in [0, 0.05) is 18.0 Å². The van der Waals surface area contributed by atoms with Crippen molar-refractivity contribution in [1.29, 1.82) is 0 Å². The summed E-state index contributed by atoms with van der Waals surface area (Å²) in [6, 6.07) is 16.2. The first-order chi connectivity index (χ1) is 9.84. The molecular formula is C18H15Cl2NO. The maximum Gasteiger partial charge on any atom is 0.171 e. The molecule has 1 heterocycles. The van der Waals surface area contributed by atoms with Gasteiger partial charge in [-0.15, -0.1) is 24.8 Å². The highest BCUT2D eigenvalue weighted by atomic mass is 35.5. The van der Waals surface area contributed by atoms with Gasteiger partial charge in [0.15, 0.2) is 5.78 Å². The highest BCUT2D eigenvalue weighted by molar-refractivity contribution is 6.18. The molecule has 0 aliphatic heterocycles. The van der Waals surface area contributed by atoms with Gasteiger partial charge in [0.05, 0.1) is 5.92 Å². The number of hydrogen-bond acceptors (Lipinski definition) is 2. The first-order valence-corrected chi connectivity index (χ1v) is 6.79. The van der Waals surface area contributed by atoms with Crippen LogP contribution in [-0.2, 0) is 6.42 Å². The van der Waals surface area contributed by atoms with Crippen LogP contribution in [0.5, 0.6) is 0 Å². The second kappa shape index (κ2) is 6.47. The average molecular weight is 332 g/mol. The second-order valence-corrected chi connectivity index (χ2v) is 5.23. The first kappa shape index (κ1) is 16.5. The predicted octanol–water partition coefficient (Wildman–Crippen LogP) is 4.60. The summed E-state index contributed by atoms with van der Waals surface area (Å²) in [5.41, 5.74) is 3.19. The maximum atomic E-state index is 12.7. The first-order valence-electron chi connectivity index (χ1n) is 6.79. The third kappa shape index (κ3) is 2.49. The Morgan fingerprint density at radius 3 is 2.32 bits per heavy atom. The number of rotatable bonds is 2. The van der Waals surface area contributed by atoms with Crippen LogP contribution >= 0.6 is 24.8 Å². The third-order valence-electron chi connectivity index (χ3n) is 4.08. The monoisotopic (exact) mass is 331 g/mol. The highest BCUT2D eigenvalue weighted by Crippen LogP contribution is 2.39. The van der Waals surface area contributed by atoms with Gasteiger partial charge < -0.3 is 0 Å². The number of Topliss-reactive ketones (excluding diaryl/α,β-unsaturated/α-hetero) is 1. The van der Waals surface area contributed by atoms with Crippen LogP contribution in [0, 0.1) is 0 Å². The van der Waals surface area contributed by atoms with Gasteiger partial charge in [-0.3, -0.25) is 9.78 Å². The summed E-state index contributed by atoms with van der Waals surface area (Å²) in [5.74, 6) is 0.187. The molecule has 112 valence electrons. The summed E-state index contributed by atoms with van der Waals surface area (Å²) < 4.78 is 0. The molecule has 1 aromatic heterocycles. The number of aromatic nitrogens is 1. The van der Waals surface area contributed by atoms with Crippen molar-refractivity contribution in [3.8, 4) is 0 Å². The van der Waals surface area contributed by atoms with Crippen LogP contribution in [0.4, 0.5) is 0 Å². The van der Waals surface area contributed by atoms with Crippen molar-refractivity contribution in [2.24, 2.45) is 0 Å². The van der Waals surface area contributed by atoms with Crippen molar-refractivity contribution >= 4 is 41.4 Å². The molecule has 1 aliphatic rings. The van der Waals surface area contributed by atoms with Crippen LogP contribution < -0.4 is 0 Å². The molecule has 0 fully saturated rings. The fraction of sp³-hybridized carbons (Fsp3) is 0.111. The molecule has 0 spiro atoms. The molecule has 4 heteroatoms. The molecule has 1 unspecified atom stereocenters. The van der Waals surface area contributed by atoms with E-state index in [9.17, 15) is 4.79 Å². The summed E-state index contributed by atoms with van der Waals surface area (Å²) in [6.45, 7) is 0. The SMILES string of the molecule is Cl.Cl.O=C1c2cccc3cccc(c23)C1Cc1ccncc1. The topological polar surface area (TPSA) is 30.0 Å². The fourth-order valence-electron chi connectivity index (χ4n) is 3.15. The van der Waals surface area contributed by atoms with E-state index >= 15 is 0 Å². The van der Waals surface area contributed by atoms with Gasteiger partial charge in [-0.1, -0.05) is 36.4 Å². The Morgan fingerprint density at radius 2 is 1.59 bits per heavy atom. The Labute approximate surface area is 141 Å². The summed E-state index contributed by atoms with van der Waals surface area (Å²) in [5, 5.41) is 2.30. The lowest BCUT2D eigenvalue weighted by Crippen LogP contribution is -2.09. The van der Waals surface area contributed by atoms with Crippen molar-refractivity contribution in [2.75, 3.05) is 0 Å². The Hall–Kier alpha value is -1.90. The van der Waals surface area contributed by atoms with Crippen LogP contribution in [0.3, 0.4) is 0 Å². The van der Waals surface area contributed by atoms with Gasteiger partial charge in [-0.2, -0.15) is 0 Å². The zero-order chi connectivity index (χ0) is 13.5. The molecule has 3 aromatic rings. The average Bonchev–Trinajstić information content (AvgIpc) is 2.77. The van der Waals surface area contributed by atoms with Crippen molar-refractivity contribution in [2.45, 2.75) is 12.3 Å². The zero-order valence-corrected chi connectivity index (χ0v) is 13.4. The van der Waals surface area contributed by atoms with Crippen LogP contribution in [-0.4, -0.2) is 10.8 Å². The Kier molecular flexibility index (Phi) is 4.84. The largest absolute Gasteiger partial charge is 0.293 e. The van der Waals surface area contributed by atoms with E-state index < -0.39 is 0 Å². The lowest BCUT2D eigenvalue weighted by molar-refractivity contribution is 0.0967. The van der Waals surface area contributed by atoms with E-state index in [1.54, 1.807) is 12.4 Å².